The molecule has 0 atom stereocenters. The first-order chi connectivity index (χ1) is 15.8. The second-order valence-corrected chi connectivity index (χ2v) is 10.4. The number of fused-ring (bicyclic) bond motifs is 1. The molecule has 2 aliphatic carbocycles. The van der Waals surface area contributed by atoms with E-state index in [4.69, 9.17) is 0 Å². The number of ether oxygens (including phenoxy) is 1. The zero-order valence-corrected chi connectivity index (χ0v) is 19.6. The van der Waals surface area contributed by atoms with Gasteiger partial charge in [-0.15, -0.1) is 13.2 Å². The van der Waals surface area contributed by atoms with Gasteiger partial charge in [0.2, 0.25) is 0 Å². The summed E-state index contributed by atoms with van der Waals surface area (Å²) in [7, 11) is 0. The maximum Gasteiger partial charge on any atom is 0.573 e. The van der Waals surface area contributed by atoms with Crippen LogP contribution in [-0.2, 0) is 0 Å². The number of hydrogen-bond donors (Lipinski definition) is 0. The van der Waals surface area contributed by atoms with Crippen molar-refractivity contribution in [2.24, 2.45) is 17.8 Å². The van der Waals surface area contributed by atoms with Crippen LogP contribution in [0.1, 0.15) is 95.5 Å². The summed E-state index contributed by atoms with van der Waals surface area (Å²) < 4.78 is 55.7. The fourth-order valence-electron chi connectivity index (χ4n) is 6.22. The lowest BCUT2D eigenvalue weighted by atomic mass is 9.74. The Morgan fingerprint density at radius 2 is 1.36 bits per heavy atom. The first kappa shape index (κ1) is 24.3. The molecule has 2 aliphatic rings. The van der Waals surface area contributed by atoms with E-state index in [0.717, 1.165) is 36.7 Å². The van der Waals surface area contributed by atoms with Crippen LogP contribution < -0.4 is 4.74 Å². The summed E-state index contributed by atoms with van der Waals surface area (Å²) in [5.74, 6) is 1.43. The largest absolute Gasteiger partial charge is 0.573 e. The molecular formula is C28H36F4O. The first-order valence-corrected chi connectivity index (χ1v) is 12.8. The summed E-state index contributed by atoms with van der Waals surface area (Å²) in [6, 6.07) is 8.01. The fraction of sp³-hybridized carbons (Fsp3) is 0.643. The van der Waals surface area contributed by atoms with Crippen LogP contribution in [0.2, 0.25) is 0 Å². The lowest BCUT2D eigenvalue weighted by Crippen LogP contribution is -2.18. The molecule has 5 heteroatoms. The molecule has 0 bridgehead atoms. The maximum absolute atomic E-state index is 14.5. The van der Waals surface area contributed by atoms with Crippen molar-refractivity contribution >= 4 is 10.8 Å². The van der Waals surface area contributed by atoms with E-state index in [2.05, 4.69) is 11.7 Å². The van der Waals surface area contributed by atoms with Gasteiger partial charge >= 0.3 is 6.36 Å². The van der Waals surface area contributed by atoms with Crippen molar-refractivity contribution in [3.05, 3.63) is 41.7 Å². The van der Waals surface area contributed by atoms with E-state index in [1.54, 1.807) is 6.07 Å². The minimum absolute atomic E-state index is 0.169. The van der Waals surface area contributed by atoms with Gasteiger partial charge in [0, 0.05) is 5.39 Å². The highest BCUT2D eigenvalue weighted by Crippen LogP contribution is 2.41. The molecule has 0 amide bonds. The number of alkyl halides is 3. The smallest absolute Gasteiger partial charge is 0.403 e. The van der Waals surface area contributed by atoms with E-state index >= 15 is 0 Å². The number of halogens is 4. The highest BCUT2D eigenvalue weighted by atomic mass is 19.4. The van der Waals surface area contributed by atoms with Crippen molar-refractivity contribution in [1.29, 1.82) is 0 Å². The monoisotopic (exact) mass is 464 g/mol. The van der Waals surface area contributed by atoms with E-state index < -0.39 is 17.9 Å². The zero-order chi connectivity index (χ0) is 23.4. The SMILES string of the molecule is CCCC1CCC(CCC2CCC(c3ccc4c(F)c(OC(F)(F)F)ccc4c3)CC2)CC1. The molecule has 1 nitrogen and oxygen atoms in total. The lowest BCUT2D eigenvalue weighted by Gasteiger charge is -2.32. The van der Waals surface area contributed by atoms with Crippen molar-refractivity contribution in [3.8, 4) is 5.75 Å². The van der Waals surface area contributed by atoms with Crippen LogP contribution in [0, 0.1) is 23.6 Å². The molecule has 0 N–H and O–H groups in total. The van der Waals surface area contributed by atoms with Crippen molar-refractivity contribution in [2.75, 3.05) is 0 Å². The third-order valence-electron chi connectivity index (χ3n) is 8.13. The average Bonchev–Trinajstić information content (AvgIpc) is 2.80. The van der Waals surface area contributed by atoms with Crippen LogP contribution in [0.15, 0.2) is 30.3 Å². The topological polar surface area (TPSA) is 9.23 Å². The van der Waals surface area contributed by atoms with Crippen LogP contribution in [0.25, 0.3) is 10.8 Å². The van der Waals surface area contributed by atoms with Crippen molar-refractivity contribution in [2.45, 2.75) is 96.3 Å². The zero-order valence-electron chi connectivity index (χ0n) is 19.6. The molecule has 2 saturated carbocycles. The van der Waals surface area contributed by atoms with Gasteiger partial charge in [-0.25, -0.2) is 4.39 Å². The Kier molecular flexibility index (Phi) is 7.86. The standard InChI is InChI=1S/C28H36F4O/c1-2-3-19-4-6-20(7-5-19)8-9-21-10-12-22(13-11-21)23-14-16-25-24(18-23)15-17-26(27(25)29)33-28(30,31)32/h14-22H,2-13H2,1H3. The Morgan fingerprint density at radius 3 is 1.94 bits per heavy atom. The highest BCUT2D eigenvalue weighted by Gasteiger charge is 2.33. The highest BCUT2D eigenvalue weighted by molar-refractivity contribution is 5.85. The van der Waals surface area contributed by atoms with E-state index in [0.29, 0.717) is 11.3 Å². The molecule has 2 fully saturated rings. The van der Waals surface area contributed by atoms with Gasteiger partial charge in [0.1, 0.15) is 0 Å². The van der Waals surface area contributed by atoms with Gasteiger partial charge in [-0.2, -0.15) is 0 Å². The van der Waals surface area contributed by atoms with Gasteiger partial charge in [0.15, 0.2) is 11.6 Å². The molecule has 0 saturated heterocycles. The molecule has 33 heavy (non-hydrogen) atoms. The van der Waals surface area contributed by atoms with E-state index in [1.807, 2.05) is 12.1 Å². The van der Waals surface area contributed by atoms with E-state index in [1.165, 1.54) is 75.8 Å². The Hall–Kier alpha value is -1.78. The molecule has 0 aliphatic heterocycles. The molecule has 0 aromatic heterocycles. The van der Waals surface area contributed by atoms with Gasteiger partial charge in [-0.05, 0) is 66.4 Å². The van der Waals surface area contributed by atoms with Crippen LogP contribution in [0.4, 0.5) is 17.6 Å². The number of benzene rings is 2. The second-order valence-electron chi connectivity index (χ2n) is 10.4. The summed E-state index contributed by atoms with van der Waals surface area (Å²) >= 11 is 0. The maximum atomic E-state index is 14.5. The number of hydrogen-bond acceptors (Lipinski definition) is 1. The van der Waals surface area contributed by atoms with Crippen molar-refractivity contribution in [3.63, 3.8) is 0 Å². The Balaban J connectivity index is 1.29. The normalized spacial score (nSPS) is 26.5. The molecule has 2 aromatic rings. The quantitative estimate of drug-likeness (QED) is 0.371. The van der Waals surface area contributed by atoms with E-state index in [9.17, 15) is 17.6 Å². The molecular weight excluding hydrogens is 428 g/mol. The fourth-order valence-corrected chi connectivity index (χ4v) is 6.22. The van der Waals surface area contributed by atoms with Crippen LogP contribution in [0.3, 0.4) is 0 Å². The summed E-state index contributed by atoms with van der Waals surface area (Å²) in [6.45, 7) is 2.29. The predicted octanol–water partition coefficient (Wildman–Crippen LogP) is 9.54. The molecule has 0 spiro atoms. The Labute approximate surface area is 194 Å². The minimum atomic E-state index is -4.90. The van der Waals surface area contributed by atoms with Crippen molar-refractivity contribution < 1.29 is 22.3 Å². The summed E-state index contributed by atoms with van der Waals surface area (Å²) in [5, 5.41) is 0.795. The van der Waals surface area contributed by atoms with Gasteiger partial charge in [-0.3, -0.25) is 0 Å². The molecule has 2 aromatic carbocycles. The third-order valence-corrected chi connectivity index (χ3v) is 8.13. The van der Waals surface area contributed by atoms with Gasteiger partial charge in [-0.1, -0.05) is 82.6 Å². The molecule has 0 unspecified atom stereocenters. The second kappa shape index (κ2) is 10.7. The Bertz CT molecular complexity index is 906. The minimum Gasteiger partial charge on any atom is -0.403 e. The van der Waals surface area contributed by atoms with Crippen LogP contribution >= 0.6 is 0 Å². The third kappa shape index (κ3) is 6.42. The predicted molar refractivity (Wildman–Crippen MR) is 125 cm³/mol. The lowest BCUT2D eigenvalue weighted by molar-refractivity contribution is -0.275. The molecule has 0 heterocycles. The van der Waals surface area contributed by atoms with E-state index in [-0.39, 0.29) is 5.39 Å². The average molecular weight is 465 g/mol. The summed E-state index contributed by atoms with van der Waals surface area (Å²) in [4.78, 5) is 0. The molecule has 0 radical (unpaired) electrons. The van der Waals surface area contributed by atoms with Gasteiger partial charge in [0.05, 0.1) is 0 Å². The molecule has 182 valence electrons. The van der Waals surface area contributed by atoms with Gasteiger partial charge in [0.25, 0.3) is 0 Å². The Morgan fingerprint density at radius 1 is 0.788 bits per heavy atom. The molecule has 4 rings (SSSR count). The van der Waals surface area contributed by atoms with Crippen LogP contribution in [0.5, 0.6) is 5.75 Å². The first-order valence-electron chi connectivity index (χ1n) is 12.8. The number of rotatable bonds is 7. The summed E-state index contributed by atoms with van der Waals surface area (Å²) in [5.41, 5.74) is 1.17. The summed E-state index contributed by atoms with van der Waals surface area (Å²) in [6.07, 6.45) is 11.0. The van der Waals surface area contributed by atoms with Crippen molar-refractivity contribution in [1.82, 2.24) is 0 Å². The van der Waals surface area contributed by atoms with Gasteiger partial charge < -0.3 is 4.74 Å². The van der Waals surface area contributed by atoms with Crippen LogP contribution in [-0.4, -0.2) is 6.36 Å².